The van der Waals surface area contributed by atoms with Crippen LogP contribution in [-0.2, 0) is 9.59 Å². The first kappa shape index (κ1) is 17.4. The van der Waals surface area contributed by atoms with Crippen LogP contribution in [0.5, 0.6) is 5.75 Å². The normalized spacial score (nSPS) is 11.8. The Bertz CT molecular complexity index is 788. The average molecular weight is 330 g/mol. The van der Waals surface area contributed by atoms with Gasteiger partial charge in [-0.05, 0) is 17.9 Å². The number of benzene rings is 2. The molecule has 7 nitrogen and oxygen atoms in total. The molecule has 2 aromatic rings. The molecule has 7 heteroatoms. The van der Waals surface area contributed by atoms with Gasteiger partial charge in [-0.15, -0.1) is 0 Å². The minimum absolute atomic E-state index is 0.0523. The molecule has 0 spiro atoms. The number of carboxylic acids is 1. The van der Waals surface area contributed by atoms with Crippen molar-refractivity contribution in [1.82, 2.24) is 5.32 Å². The van der Waals surface area contributed by atoms with Gasteiger partial charge in [0.2, 0.25) is 5.91 Å². The predicted molar refractivity (Wildman–Crippen MR) is 87.8 cm³/mol. The SMILES string of the molecule is COc1c(C(=O)NC(=O)[C@@H](N)CCC(=O)O)ccc2ccccc12. The number of aliphatic carboxylic acids is 1. The van der Waals surface area contributed by atoms with Crippen molar-refractivity contribution >= 4 is 28.6 Å². The zero-order valence-electron chi connectivity index (χ0n) is 13.1. The molecular weight excluding hydrogens is 312 g/mol. The number of fused-ring (bicyclic) bond motifs is 1. The molecule has 4 N–H and O–H groups in total. The van der Waals surface area contributed by atoms with Crippen molar-refractivity contribution in [1.29, 1.82) is 0 Å². The fourth-order valence-electron chi connectivity index (χ4n) is 2.32. The van der Waals surface area contributed by atoms with Gasteiger partial charge in [-0.1, -0.05) is 30.3 Å². The first-order chi connectivity index (χ1) is 11.4. The van der Waals surface area contributed by atoms with Gasteiger partial charge in [0, 0.05) is 11.8 Å². The van der Waals surface area contributed by atoms with E-state index in [1.807, 2.05) is 24.3 Å². The molecule has 0 aliphatic carbocycles. The molecule has 0 unspecified atom stereocenters. The lowest BCUT2D eigenvalue weighted by molar-refractivity contribution is -0.137. The van der Waals surface area contributed by atoms with Crippen molar-refractivity contribution in [2.24, 2.45) is 5.73 Å². The molecule has 0 aliphatic heterocycles. The van der Waals surface area contributed by atoms with E-state index in [0.717, 1.165) is 10.8 Å². The number of hydrogen-bond acceptors (Lipinski definition) is 5. The van der Waals surface area contributed by atoms with Crippen LogP contribution in [0, 0.1) is 0 Å². The second-order valence-electron chi connectivity index (χ2n) is 5.22. The number of imide groups is 1. The fraction of sp³-hybridized carbons (Fsp3) is 0.235. The molecule has 126 valence electrons. The minimum Gasteiger partial charge on any atom is -0.495 e. The lowest BCUT2D eigenvalue weighted by Crippen LogP contribution is -2.43. The summed E-state index contributed by atoms with van der Waals surface area (Å²) in [6.07, 6.45) is -0.300. The largest absolute Gasteiger partial charge is 0.495 e. The maximum atomic E-state index is 12.3. The third-order valence-electron chi connectivity index (χ3n) is 3.57. The molecule has 2 amide bonds. The fourth-order valence-corrected chi connectivity index (χ4v) is 2.32. The number of carboxylic acid groups (broad SMARTS) is 1. The summed E-state index contributed by atoms with van der Waals surface area (Å²) in [6, 6.07) is 9.62. The van der Waals surface area contributed by atoms with Crippen LogP contribution in [0.4, 0.5) is 0 Å². The Morgan fingerprint density at radius 2 is 1.92 bits per heavy atom. The summed E-state index contributed by atoms with van der Waals surface area (Å²) >= 11 is 0. The van der Waals surface area contributed by atoms with Gasteiger partial charge in [0.1, 0.15) is 5.75 Å². The lowest BCUT2D eigenvalue weighted by atomic mass is 10.0. The van der Waals surface area contributed by atoms with E-state index in [-0.39, 0.29) is 18.4 Å². The standard InChI is InChI=1S/C17H18N2O5/c1-24-15-11-5-3-2-4-10(11)6-7-12(15)16(22)19-17(23)13(18)8-9-14(20)21/h2-7,13H,8-9,18H2,1H3,(H,20,21)(H,19,22,23)/t13-/m0/s1. The van der Waals surface area contributed by atoms with Crippen LogP contribution in [0.2, 0.25) is 0 Å². The third kappa shape index (κ3) is 3.88. The summed E-state index contributed by atoms with van der Waals surface area (Å²) in [6.45, 7) is 0. The molecule has 0 radical (unpaired) electrons. The second-order valence-corrected chi connectivity index (χ2v) is 5.22. The van der Waals surface area contributed by atoms with E-state index in [0.29, 0.717) is 5.75 Å². The van der Waals surface area contributed by atoms with E-state index in [2.05, 4.69) is 5.32 Å². The molecule has 2 rings (SSSR count). The number of amides is 2. The van der Waals surface area contributed by atoms with Crippen LogP contribution < -0.4 is 15.8 Å². The highest BCUT2D eigenvalue weighted by atomic mass is 16.5. The Labute approximate surface area is 138 Å². The van der Waals surface area contributed by atoms with Crippen LogP contribution in [0.1, 0.15) is 23.2 Å². The first-order valence-corrected chi connectivity index (χ1v) is 7.32. The molecule has 1 atom stereocenters. The van der Waals surface area contributed by atoms with Crippen LogP contribution in [-0.4, -0.2) is 36.0 Å². The maximum Gasteiger partial charge on any atom is 0.303 e. The number of methoxy groups -OCH3 is 1. The number of carbonyl (C=O) groups excluding carboxylic acids is 2. The monoisotopic (exact) mass is 330 g/mol. The number of rotatable bonds is 6. The summed E-state index contributed by atoms with van der Waals surface area (Å²) in [5.41, 5.74) is 5.80. The quantitative estimate of drug-likeness (QED) is 0.734. The molecule has 24 heavy (non-hydrogen) atoms. The molecule has 0 aromatic heterocycles. The summed E-state index contributed by atoms with van der Waals surface area (Å²) in [4.78, 5) is 34.8. The van der Waals surface area contributed by atoms with Crippen LogP contribution in [0.25, 0.3) is 10.8 Å². The molecule has 0 heterocycles. The summed E-state index contributed by atoms with van der Waals surface area (Å²) in [5.74, 6) is -2.07. The van der Waals surface area contributed by atoms with E-state index in [1.165, 1.54) is 7.11 Å². The summed E-state index contributed by atoms with van der Waals surface area (Å²) in [7, 11) is 1.44. The Kier molecular flexibility index (Phi) is 5.49. The second kappa shape index (κ2) is 7.56. The summed E-state index contributed by atoms with van der Waals surface area (Å²) in [5, 5.41) is 12.4. The van der Waals surface area contributed by atoms with E-state index < -0.39 is 23.8 Å². The third-order valence-corrected chi connectivity index (χ3v) is 3.57. The number of ether oxygens (including phenoxy) is 1. The van der Waals surface area contributed by atoms with E-state index >= 15 is 0 Å². The van der Waals surface area contributed by atoms with Crippen molar-refractivity contribution in [3.05, 3.63) is 42.0 Å². The van der Waals surface area contributed by atoms with Crippen LogP contribution in [0.3, 0.4) is 0 Å². The summed E-state index contributed by atoms with van der Waals surface area (Å²) < 4.78 is 5.32. The van der Waals surface area contributed by atoms with E-state index in [1.54, 1.807) is 12.1 Å². The number of nitrogens with two attached hydrogens (primary N) is 1. The predicted octanol–water partition coefficient (Wildman–Crippen LogP) is 1.30. The Morgan fingerprint density at radius 1 is 1.21 bits per heavy atom. The molecule has 0 saturated carbocycles. The molecule has 2 aromatic carbocycles. The van der Waals surface area contributed by atoms with Crippen LogP contribution >= 0.6 is 0 Å². The van der Waals surface area contributed by atoms with Gasteiger partial charge in [-0.25, -0.2) is 0 Å². The van der Waals surface area contributed by atoms with Gasteiger partial charge in [0.15, 0.2) is 0 Å². The van der Waals surface area contributed by atoms with Gasteiger partial charge in [-0.3, -0.25) is 19.7 Å². The Hall–Kier alpha value is -2.93. The lowest BCUT2D eigenvalue weighted by Gasteiger charge is -2.13. The Balaban J connectivity index is 2.19. The zero-order chi connectivity index (χ0) is 17.7. The van der Waals surface area contributed by atoms with Crippen molar-refractivity contribution in [3.8, 4) is 5.75 Å². The molecule has 0 aliphatic rings. The van der Waals surface area contributed by atoms with Gasteiger partial charge < -0.3 is 15.6 Å². The van der Waals surface area contributed by atoms with Gasteiger partial charge in [0.05, 0.1) is 18.7 Å². The minimum atomic E-state index is -1.07. The highest BCUT2D eigenvalue weighted by Gasteiger charge is 2.21. The Morgan fingerprint density at radius 3 is 2.58 bits per heavy atom. The molecule has 0 saturated heterocycles. The average Bonchev–Trinajstić information content (AvgIpc) is 2.58. The number of hydrogen-bond donors (Lipinski definition) is 3. The molecule has 0 bridgehead atoms. The molecular formula is C17H18N2O5. The first-order valence-electron chi connectivity index (χ1n) is 7.32. The topological polar surface area (TPSA) is 119 Å². The maximum absolute atomic E-state index is 12.3. The number of nitrogens with one attached hydrogen (secondary N) is 1. The van der Waals surface area contributed by atoms with Gasteiger partial charge in [-0.2, -0.15) is 0 Å². The van der Waals surface area contributed by atoms with E-state index in [9.17, 15) is 14.4 Å². The van der Waals surface area contributed by atoms with Crippen molar-refractivity contribution < 1.29 is 24.2 Å². The van der Waals surface area contributed by atoms with Gasteiger partial charge in [0.25, 0.3) is 5.91 Å². The van der Waals surface area contributed by atoms with Gasteiger partial charge >= 0.3 is 5.97 Å². The molecule has 0 fully saturated rings. The smallest absolute Gasteiger partial charge is 0.303 e. The van der Waals surface area contributed by atoms with Crippen molar-refractivity contribution in [3.63, 3.8) is 0 Å². The van der Waals surface area contributed by atoms with Crippen molar-refractivity contribution in [2.75, 3.05) is 7.11 Å². The number of carbonyl (C=O) groups is 3. The van der Waals surface area contributed by atoms with Crippen molar-refractivity contribution in [2.45, 2.75) is 18.9 Å². The van der Waals surface area contributed by atoms with Crippen LogP contribution in [0.15, 0.2) is 36.4 Å². The highest BCUT2D eigenvalue weighted by Crippen LogP contribution is 2.29. The zero-order valence-corrected chi connectivity index (χ0v) is 13.1. The van der Waals surface area contributed by atoms with E-state index in [4.69, 9.17) is 15.6 Å². The highest BCUT2D eigenvalue weighted by molar-refractivity contribution is 6.10.